The molecule has 1 aromatic heterocycles. The number of anilines is 1. The molecule has 0 bridgehead atoms. The summed E-state index contributed by atoms with van der Waals surface area (Å²) in [4.78, 5) is 16.1. The van der Waals surface area contributed by atoms with Crippen molar-refractivity contribution in [2.75, 3.05) is 26.1 Å². The van der Waals surface area contributed by atoms with E-state index in [2.05, 4.69) is 21.7 Å². The van der Waals surface area contributed by atoms with Crippen molar-refractivity contribution >= 4 is 22.6 Å². The summed E-state index contributed by atoms with van der Waals surface area (Å²) in [6.45, 7) is 4.49. The molecule has 0 radical (unpaired) electrons. The molecular weight excluding hydrogens is 414 g/mol. The lowest BCUT2D eigenvalue weighted by Crippen LogP contribution is -2.32. The summed E-state index contributed by atoms with van der Waals surface area (Å²) in [5.74, 6) is 1.23. The smallest absolute Gasteiger partial charge is 0.319 e. The third-order valence-electron chi connectivity index (χ3n) is 6.04. The van der Waals surface area contributed by atoms with Crippen LogP contribution < -0.4 is 20.1 Å². The second kappa shape index (κ2) is 9.69. The SMILES string of the molecule is COc1ccc([C@@H](CNC(=O)Nc2ccc(C)c(C)c2)c2c[nH]c3ccccc23)cc1OC. The van der Waals surface area contributed by atoms with Gasteiger partial charge in [0.25, 0.3) is 0 Å². The molecule has 2 amide bonds. The minimum Gasteiger partial charge on any atom is -0.493 e. The van der Waals surface area contributed by atoms with Crippen LogP contribution in [-0.2, 0) is 0 Å². The molecule has 4 aromatic rings. The lowest BCUT2D eigenvalue weighted by Gasteiger charge is -2.20. The average Bonchev–Trinajstić information content (AvgIpc) is 3.25. The first-order valence-corrected chi connectivity index (χ1v) is 10.9. The molecule has 170 valence electrons. The van der Waals surface area contributed by atoms with Gasteiger partial charge in [0, 0.05) is 35.2 Å². The number of para-hydroxylation sites is 1. The van der Waals surface area contributed by atoms with Gasteiger partial charge in [0.15, 0.2) is 11.5 Å². The van der Waals surface area contributed by atoms with E-state index in [1.165, 1.54) is 5.56 Å². The maximum Gasteiger partial charge on any atom is 0.319 e. The molecule has 0 spiro atoms. The molecule has 1 atom stereocenters. The molecule has 6 heteroatoms. The van der Waals surface area contributed by atoms with Gasteiger partial charge in [-0.2, -0.15) is 0 Å². The highest BCUT2D eigenvalue weighted by Gasteiger charge is 2.21. The Bertz CT molecular complexity index is 1280. The number of H-pyrrole nitrogens is 1. The number of amides is 2. The number of ether oxygens (including phenoxy) is 2. The summed E-state index contributed by atoms with van der Waals surface area (Å²) in [5.41, 5.74) is 6.26. The first-order valence-electron chi connectivity index (χ1n) is 10.9. The minimum absolute atomic E-state index is 0.0912. The van der Waals surface area contributed by atoms with Gasteiger partial charge in [0.05, 0.1) is 14.2 Å². The number of benzene rings is 3. The third kappa shape index (κ3) is 4.80. The lowest BCUT2D eigenvalue weighted by atomic mass is 9.90. The molecular formula is C27H29N3O3. The van der Waals surface area contributed by atoms with Crippen molar-refractivity contribution in [1.29, 1.82) is 0 Å². The van der Waals surface area contributed by atoms with Crippen molar-refractivity contribution in [3.63, 3.8) is 0 Å². The van der Waals surface area contributed by atoms with E-state index >= 15 is 0 Å². The van der Waals surface area contributed by atoms with Crippen molar-refractivity contribution in [3.8, 4) is 11.5 Å². The number of aromatic amines is 1. The molecule has 0 unspecified atom stereocenters. The van der Waals surface area contributed by atoms with Crippen LogP contribution in [0.1, 0.15) is 28.2 Å². The fraction of sp³-hybridized carbons (Fsp3) is 0.222. The van der Waals surface area contributed by atoms with Crippen molar-refractivity contribution < 1.29 is 14.3 Å². The zero-order chi connectivity index (χ0) is 23.4. The van der Waals surface area contributed by atoms with Crippen LogP contribution >= 0.6 is 0 Å². The second-order valence-corrected chi connectivity index (χ2v) is 8.09. The van der Waals surface area contributed by atoms with Crippen LogP contribution in [0.25, 0.3) is 10.9 Å². The maximum absolute atomic E-state index is 12.7. The maximum atomic E-state index is 12.7. The zero-order valence-electron chi connectivity index (χ0n) is 19.4. The molecule has 0 fully saturated rings. The van der Waals surface area contributed by atoms with Gasteiger partial charge in [-0.3, -0.25) is 0 Å². The number of aromatic nitrogens is 1. The number of aryl methyl sites for hydroxylation is 2. The second-order valence-electron chi connectivity index (χ2n) is 8.09. The number of carbonyl (C=O) groups excluding carboxylic acids is 1. The Labute approximate surface area is 193 Å². The van der Waals surface area contributed by atoms with E-state index in [0.29, 0.717) is 18.0 Å². The topological polar surface area (TPSA) is 75.4 Å². The van der Waals surface area contributed by atoms with Crippen LogP contribution in [0.2, 0.25) is 0 Å². The predicted molar refractivity (Wildman–Crippen MR) is 133 cm³/mol. The van der Waals surface area contributed by atoms with Crippen molar-refractivity contribution in [2.24, 2.45) is 0 Å². The molecule has 6 nitrogen and oxygen atoms in total. The highest BCUT2D eigenvalue weighted by molar-refractivity contribution is 5.89. The normalized spacial score (nSPS) is 11.8. The Morgan fingerprint density at radius 2 is 1.73 bits per heavy atom. The average molecular weight is 444 g/mol. The van der Waals surface area contributed by atoms with Gasteiger partial charge in [-0.1, -0.05) is 30.3 Å². The third-order valence-corrected chi connectivity index (χ3v) is 6.04. The van der Waals surface area contributed by atoms with Crippen LogP contribution in [0.15, 0.2) is 66.9 Å². The number of methoxy groups -OCH3 is 2. The Morgan fingerprint density at radius 1 is 0.939 bits per heavy atom. The molecule has 0 saturated heterocycles. The molecule has 33 heavy (non-hydrogen) atoms. The lowest BCUT2D eigenvalue weighted by molar-refractivity contribution is 0.252. The van der Waals surface area contributed by atoms with Gasteiger partial charge >= 0.3 is 6.03 Å². The molecule has 0 aliphatic rings. The summed E-state index contributed by atoms with van der Waals surface area (Å²) >= 11 is 0. The van der Waals surface area contributed by atoms with Crippen LogP contribution in [0.3, 0.4) is 0 Å². The predicted octanol–water partition coefficient (Wildman–Crippen LogP) is 5.76. The van der Waals surface area contributed by atoms with E-state index in [-0.39, 0.29) is 11.9 Å². The molecule has 0 saturated carbocycles. The summed E-state index contributed by atoms with van der Waals surface area (Å²) in [6.07, 6.45) is 2.01. The van der Waals surface area contributed by atoms with Crippen molar-refractivity contribution in [3.05, 3.63) is 89.1 Å². The monoisotopic (exact) mass is 443 g/mol. The van der Waals surface area contributed by atoms with Crippen LogP contribution in [-0.4, -0.2) is 31.8 Å². The summed E-state index contributed by atoms with van der Waals surface area (Å²) in [6, 6.07) is 19.7. The van der Waals surface area contributed by atoms with Crippen LogP contribution in [0.4, 0.5) is 10.5 Å². The molecule has 0 aliphatic heterocycles. The van der Waals surface area contributed by atoms with E-state index in [4.69, 9.17) is 9.47 Å². The first kappa shape index (κ1) is 22.3. The van der Waals surface area contributed by atoms with Gasteiger partial charge in [0.1, 0.15) is 0 Å². The Kier molecular flexibility index (Phi) is 6.54. The van der Waals surface area contributed by atoms with E-state index in [1.54, 1.807) is 14.2 Å². The highest BCUT2D eigenvalue weighted by Crippen LogP contribution is 2.35. The standard InChI is InChI=1S/C27H29N3O3/c1-17-9-11-20(13-18(17)2)30-27(31)29-15-22(19-10-12-25(32-3)26(14-19)33-4)23-16-28-24-8-6-5-7-21(23)24/h5-14,16,22,28H,15H2,1-4H3,(H2,29,30,31)/t22-/m1/s1. The quantitative estimate of drug-likeness (QED) is 0.340. The zero-order valence-corrected chi connectivity index (χ0v) is 19.4. The van der Waals surface area contributed by atoms with Gasteiger partial charge in [-0.05, 0) is 66.4 Å². The molecule has 3 aromatic carbocycles. The number of nitrogens with one attached hydrogen (secondary N) is 3. The van der Waals surface area contributed by atoms with Crippen molar-refractivity contribution in [2.45, 2.75) is 19.8 Å². The number of carbonyl (C=O) groups is 1. The number of hydrogen-bond donors (Lipinski definition) is 3. The van der Waals surface area contributed by atoms with E-state index in [9.17, 15) is 4.79 Å². The largest absolute Gasteiger partial charge is 0.493 e. The summed E-state index contributed by atoms with van der Waals surface area (Å²) in [7, 11) is 3.24. The highest BCUT2D eigenvalue weighted by atomic mass is 16.5. The number of fused-ring (bicyclic) bond motifs is 1. The number of urea groups is 1. The van der Waals surface area contributed by atoms with E-state index in [0.717, 1.165) is 33.3 Å². The molecule has 3 N–H and O–H groups in total. The number of hydrogen-bond acceptors (Lipinski definition) is 3. The van der Waals surface area contributed by atoms with Crippen molar-refractivity contribution in [1.82, 2.24) is 10.3 Å². The Balaban J connectivity index is 1.62. The Hall–Kier alpha value is -3.93. The van der Waals surface area contributed by atoms with Gasteiger partial charge in [0.2, 0.25) is 0 Å². The van der Waals surface area contributed by atoms with Crippen LogP contribution in [0.5, 0.6) is 11.5 Å². The van der Waals surface area contributed by atoms with E-state index in [1.807, 2.05) is 74.6 Å². The van der Waals surface area contributed by atoms with Gasteiger partial charge in [-0.15, -0.1) is 0 Å². The number of rotatable bonds is 7. The first-order chi connectivity index (χ1) is 16.0. The fourth-order valence-corrected chi connectivity index (χ4v) is 4.05. The summed E-state index contributed by atoms with van der Waals surface area (Å²) < 4.78 is 10.9. The molecule has 0 aliphatic carbocycles. The minimum atomic E-state index is -0.247. The molecule has 1 heterocycles. The van der Waals surface area contributed by atoms with Crippen LogP contribution in [0, 0.1) is 13.8 Å². The molecule has 4 rings (SSSR count). The summed E-state index contributed by atoms with van der Waals surface area (Å²) in [5, 5.41) is 7.10. The Morgan fingerprint density at radius 3 is 2.48 bits per heavy atom. The van der Waals surface area contributed by atoms with Gasteiger partial charge < -0.3 is 25.1 Å². The van der Waals surface area contributed by atoms with Gasteiger partial charge in [-0.25, -0.2) is 4.79 Å². The fourth-order valence-electron chi connectivity index (χ4n) is 4.05. The van der Waals surface area contributed by atoms with E-state index < -0.39 is 0 Å².